The van der Waals surface area contributed by atoms with Crippen LogP contribution in [0.1, 0.15) is 17.3 Å². The van der Waals surface area contributed by atoms with Crippen LogP contribution in [-0.4, -0.2) is 77.4 Å². The number of nitrogens with zero attached hydrogens (tertiary/aromatic N) is 4. The fourth-order valence-corrected chi connectivity index (χ4v) is 5.79. The number of aromatic nitrogens is 2. The lowest BCUT2D eigenvalue weighted by Crippen LogP contribution is -2.50. The molecule has 3 aromatic rings. The van der Waals surface area contributed by atoms with Gasteiger partial charge < -0.3 is 10.4 Å². The van der Waals surface area contributed by atoms with Crippen molar-refractivity contribution >= 4 is 55.9 Å². The fourth-order valence-electron chi connectivity index (χ4n) is 3.98. The van der Waals surface area contributed by atoms with E-state index in [0.717, 1.165) is 0 Å². The summed E-state index contributed by atoms with van der Waals surface area (Å²) in [6, 6.07) is 9.25. The number of nitrogens with one attached hydrogen (secondary N) is 1. The lowest BCUT2D eigenvalue weighted by Gasteiger charge is -2.35. The van der Waals surface area contributed by atoms with E-state index < -0.39 is 16.0 Å². The summed E-state index contributed by atoms with van der Waals surface area (Å²) < 4.78 is 27.4. The number of piperazine rings is 1. The molecule has 4 rings (SSSR count). The second kappa shape index (κ2) is 10.0. The normalized spacial score (nSPS) is 16.4. The second-order valence-corrected chi connectivity index (χ2v) is 10.8. The number of benzene rings is 2. The van der Waals surface area contributed by atoms with Crippen LogP contribution in [0.3, 0.4) is 0 Å². The molecule has 1 atom stereocenters. The van der Waals surface area contributed by atoms with E-state index in [1.807, 2.05) is 6.92 Å². The number of rotatable bonds is 7. The summed E-state index contributed by atoms with van der Waals surface area (Å²) >= 11 is 11.9. The van der Waals surface area contributed by atoms with Gasteiger partial charge in [-0.3, -0.25) is 4.90 Å². The minimum Gasteiger partial charge on any atom is -0.478 e. The number of aromatic carboxylic acids is 1. The van der Waals surface area contributed by atoms with Crippen LogP contribution < -0.4 is 5.32 Å². The van der Waals surface area contributed by atoms with Crippen LogP contribution >= 0.6 is 23.2 Å². The Morgan fingerprint density at radius 3 is 2.53 bits per heavy atom. The van der Waals surface area contributed by atoms with Crippen LogP contribution in [-0.2, 0) is 10.0 Å². The van der Waals surface area contributed by atoms with Gasteiger partial charge in [-0.1, -0.05) is 29.3 Å². The van der Waals surface area contributed by atoms with Gasteiger partial charge in [0, 0.05) is 44.2 Å². The first-order valence-electron chi connectivity index (χ1n) is 10.6. The van der Waals surface area contributed by atoms with Gasteiger partial charge in [0.2, 0.25) is 10.0 Å². The summed E-state index contributed by atoms with van der Waals surface area (Å²) in [4.78, 5) is 22.2. The molecule has 0 unspecified atom stereocenters. The molecule has 2 aromatic carbocycles. The molecule has 1 saturated heterocycles. The van der Waals surface area contributed by atoms with Crippen molar-refractivity contribution in [2.45, 2.75) is 17.9 Å². The number of fused-ring (bicyclic) bond motifs is 1. The van der Waals surface area contributed by atoms with Crippen LogP contribution in [0.25, 0.3) is 10.9 Å². The van der Waals surface area contributed by atoms with Crippen molar-refractivity contribution in [3.05, 3.63) is 58.3 Å². The molecule has 180 valence electrons. The Morgan fingerprint density at radius 1 is 1.12 bits per heavy atom. The monoisotopic (exact) mass is 523 g/mol. The summed E-state index contributed by atoms with van der Waals surface area (Å²) in [5.41, 5.74) is 0.496. The molecule has 9 nitrogen and oxygen atoms in total. The van der Waals surface area contributed by atoms with Gasteiger partial charge in [-0.25, -0.2) is 23.2 Å². The molecule has 0 radical (unpaired) electrons. The maximum Gasteiger partial charge on any atom is 0.337 e. The molecular weight excluding hydrogens is 501 g/mol. The highest BCUT2D eigenvalue weighted by molar-refractivity contribution is 7.89. The summed E-state index contributed by atoms with van der Waals surface area (Å²) in [6.07, 6.45) is 1.34. The highest BCUT2D eigenvalue weighted by atomic mass is 35.5. The SMILES string of the molecule is C[C@@H](CN1CCN(S(=O)(=O)c2ccc(Cl)c(Cl)c2)CC1)Nc1ncnc2c(C(=O)O)cccc12. The molecule has 12 heteroatoms. The van der Waals surface area contributed by atoms with Gasteiger partial charge in [-0.15, -0.1) is 0 Å². The molecular formula is C22H23Cl2N5O4S. The highest BCUT2D eigenvalue weighted by Crippen LogP contribution is 2.27. The Labute approximate surface area is 207 Å². The Balaban J connectivity index is 1.39. The van der Waals surface area contributed by atoms with Crippen molar-refractivity contribution in [1.82, 2.24) is 19.2 Å². The third-order valence-corrected chi connectivity index (χ3v) is 8.30. The van der Waals surface area contributed by atoms with Crippen molar-refractivity contribution in [3.63, 3.8) is 0 Å². The smallest absolute Gasteiger partial charge is 0.337 e. The van der Waals surface area contributed by atoms with Gasteiger partial charge in [0.1, 0.15) is 12.1 Å². The molecule has 1 aliphatic heterocycles. The van der Waals surface area contributed by atoms with Crippen molar-refractivity contribution in [2.75, 3.05) is 38.0 Å². The average molecular weight is 524 g/mol. The molecule has 0 aliphatic carbocycles. The molecule has 0 spiro atoms. The van der Waals surface area contributed by atoms with Gasteiger partial charge in [-0.2, -0.15) is 4.31 Å². The summed E-state index contributed by atoms with van der Waals surface area (Å²) in [6.45, 7) is 4.50. The highest BCUT2D eigenvalue weighted by Gasteiger charge is 2.29. The van der Waals surface area contributed by atoms with Gasteiger partial charge in [-0.05, 0) is 37.3 Å². The molecule has 1 aromatic heterocycles. The Kier molecular flexibility index (Phi) is 7.25. The van der Waals surface area contributed by atoms with E-state index >= 15 is 0 Å². The minimum absolute atomic E-state index is 0.0233. The Bertz CT molecular complexity index is 1330. The summed E-state index contributed by atoms with van der Waals surface area (Å²) in [5, 5.41) is 13.9. The largest absolute Gasteiger partial charge is 0.478 e. The first-order chi connectivity index (χ1) is 16.2. The number of carboxylic acid groups (broad SMARTS) is 1. The third-order valence-electron chi connectivity index (χ3n) is 5.67. The van der Waals surface area contributed by atoms with Crippen LogP contribution in [0.4, 0.5) is 5.82 Å². The molecule has 0 saturated carbocycles. The standard InChI is InChI=1S/C22H23Cl2N5O4S/c1-14(27-21-16-3-2-4-17(22(30)31)20(16)25-13-26-21)12-28-7-9-29(10-8-28)34(32,33)15-5-6-18(23)19(24)11-15/h2-6,11,13-14H,7-10,12H2,1H3,(H,30,31)(H,25,26,27)/t14-/m0/s1. The molecule has 0 bridgehead atoms. The number of hydrogen-bond acceptors (Lipinski definition) is 7. The first kappa shape index (κ1) is 24.6. The Morgan fingerprint density at radius 2 is 1.85 bits per heavy atom. The van der Waals surface area contributed by atoms with Crippen molar-refractivity contribution < 1.29 is 18.3 Å². The predicted octanol–water partition coefficient (Wildman–Crippen LogP) is 3.44. The number of carbonyl (C=O) groups is 1. The minimum atomic E-state index is -3.65. The van der Waals surface area contributed by atoms with Crippen LogP contribution in [0.5, 0.6) is 0 Å². The molecule has 2 N–H and O–H groups in total. The van der Waals surface area contributed by atoms with Crippen LogP contribution in [0, 0.1) is 0 Å². The number of carboxylic acids is 1. The fraction of sp³-hybridized carbons (Fsp3) is 0.318. The number of sulfonamides is 1. The Hall–Kier alpha value is -2.50. The first-order valence-corrected chi connectivity index (χ1v) is 12.8. The number of halogens is 2. The quantitative estimate of drug-likeness (QED) is 0.483. The van der Waals surface area contributed by atoms with E-state index in [1.165, 1.54) is 34.9 Å². The lowest BCUT2D eigenvalue weighted by molar-refractivity contribution is 0.0699. The van der Waals surface area contributed by atoms with Gasteiger partial charge in [0.05, 0.1) is 26.0 Å². The van der Waals surface area contributed by atoms with E-state index in [0.29, 0.717) is 54.5 Å². The number of hydrogen-bond donors (Lipinski definition) is 2. The summed E-state index contributed by atoms with van der Waals surface area (Å²) in [5.74, 6) is -0.488. The maximum atomic E-state index is 13.0. The average Bonchev–Trinajstić information content (AvgIpc) is 2.81. The third kappa shape index (κ3) is 5.11. The molecule has 1 aliphatic rings. The van der Waals surface area contributed by atoms with Crippen molar-refractivity contribution in [2.24, 2.45) is 0 Å². The van der Waals surface area contributed by atoms with Crippen molar-refractivity contribution in [1.29, 1.82) is 0 Å². The molecule has 0 amide bonds. The topological polar surface area (TPSA) is 116 Å². The summed E-state index contributed by atoms with van der Waals surface area (Å²) in [7, 11) is -3.65. The predicted molar refractivity (Wildman–Crippen MR) is 131 cm³/mol. The van der Waals surface area contributed by atoms with Crippen LogP contribution in [0.15, 0.2) is 47.6 Å². The van der Waals surface area contributed by atoms with Gasteiger partial charge in [0.15, 0.2) is 0 Å². The lowest BCUT2D eigenvalue weighted by atomic mass is 10.1. The van der Waals surface area contributed by atoms with E-state index in [2.05, 4.69) is 20.2 Å². The van der Waals surface area contributed by atoms with E-state index in [-0.39, 0.29) is 21.5 Å². The molecule has 1 fully saturated rings. The van der Waals surface area contributed by atoms with Gasteiger partial charge >= 0.3 is 5.97 Å². The second-order valence-electron chi connectivity index (χ2n) is 8.06. The molecule has 34 heavy (non-hydrogen) atoms. The van der Waals surface area contributed by atoms with E-state index in [1.54, 1.807) is 12.1 Å². The van der Waals surface area contributed by atoms with Crippen molar-refractivity contribution in [3.8, 4) is 0 Å². The molecule has 2 heterocycles. The van der Waals surface area contributed by atoms with Crippen LogP contribution in [0.2, 0.25) is 10.0 Å². The number of para-hydroxylation sites is 1. The number of anilines is 1. The van der Waals surface area contributed by atoms with E-state index in [4.69, 9.17) is 23.2 Å². The zero-order valence-corrected chi connectivity index (χ0v) is 20.6. The zero-order valence-electron chi connectivity index (χ0n) is 18.3. The van der Waals surface area contributed by atoms with E-state index in [9.17, 15) is 18.3 Å². The van der Waals surface area contributed by atoms with Gasteiger partial charge in [0.25, 0.3) is 0 Å². The maximum absolute atomic E-state index is 13.0. The zero-order chi connectivity index (χ0) is 24.5.